The van der Waals surface area contributed by atoms with E-state index < -0.39 is 6.04 Å². The summed E-state index contributed by atoms with van der Waals surface area (Å²) >= 11 is 0. The number of pyridine rings is 1. The second-order valence-electron chi connectivity index (χ2n) is 6.90. The van der Waals surface area contributed by atoms with Crippen molar-refractivity contribution in [3.05, 3.63) is 88.4 Å². The zero-order valence-electron chi connectivity index (χ0n) is 16.4. The lowest BCUT2D eigenvalue weighted by molar-refractivity contribution is -0.124. The number of hydrogen-bond donors (Lipinski definition) is 3. The van der Waals surface area contributed by atoms with Crippen molar-refractivity contribution in [3.8, 4) is 5.88 Å². The van der Waals surface area contributed by atoms with E-state index in [0.29, 0.717) is 23.8 Å². The summed E-state index contributed by atoms with van der Waals surface area (Å²) in [5, 5.41) is 4.00. The minimum atomic E-state index is -0.495. The van der Waals surface area contributed by atoms with Gasteiger partial charge in [-0.2, -0.15) is 0 Å². The van der Waals surface area contributed by atoms with Crippen LogP contribution in [0.1, 0.15) is 23.1 Å². The van der Waals surface area contributed by atoms with Crippen LogP contribution in [0, 0.1) is 6.92 Å². The maximum Gasteiger partial charge on any atom is 0.258 e. The van der Waals surface area contributed by atoms with Gasteiger partial charge in [-0.15, -0.1) is 0 Å². The molecule has 0 saturated carbocycles. The first-order valence-corrected chi connectivity index (χ1v) is 9.54. The molecule has 0 aliphatic carbocycles. The molecule has 0 radical (unpaired) electrons. The molecule has 0 spiro atoms. The second kappa shape index (κ2) is 8.60. The zero-order chi connectivity index (χ0) is 20.9. The number of nitrogens with one attached hydrogen (secondary N) is 3. The summed E-state index contributed by atoms with van der Waals surface area (Å²) in [6.45, 7) is 1.52. The van der Waals surface area contributed by atoms with Crippen LogP contribution in [0.15, 0.2) is 65.7 Å². The van der Waals surface area contributed by atoms with Gasteiger partial charge in [0.05, 0.1) is 11.7 Å². The van der Waals surface area contributed by atoms with Crippen LogP contribution in [0.2, 0.25) is 0 Å². The molecule has 3 aromatic heterocycles. The molecule has 0 bridgehead atoms. The lowest BCUT2D eigenvalue weighted by Crippen LogP contribution is -2.35. The largest absolute Gasteiger partial charge is 0.468 e. The summed E-state index contributed by atoms with van der Waals surface area (Å²) in [5.74, 6) is 0.525. The highest BCUT2D eigenvalue weighted by atomic mass is 16.5. The van der Waals surface area contributed by atoms with Crippen molar-refractivity contribution in [1.82, 2.24) is 25.3 Å². The molecule has 1 unspecified atom stereocenters. The monoisotopic (exact) mass is 403 g/mol. The molecule has 8 nitrogen and oxygen atoms in total. The first kappa shape index (κ1) is 19.4. The Morgan fingerprint density at radius 2 is 2.03 bits per heavy atom. The van der Waals surface area contributed by atoms with Crippen LogP contribution in [-0.4, -0.2) is 32.4 Å². The van der Waals surface area contributed by atoms with E-state index in [4.69, 9.17) is 4.74 Å². The molecule has 0 fully saturated rings. The lowest BCUT2D eigenvalue weighted by atomic mass is 10.0. The Morgan fingerprint density at radius 1 is 1.20 bits per heavy atom. The predicted molar refractivity (Wildman–Crippen MR) is 112 cm³/mol. The van der Waals surface area contributed by atoms with Crippen molar-refractivity contribution in [2.24, 2.45) is 0 Å². The van der Waals surface area contributed by atoms with Gasteiger partial charge in [0.25, 0.3) is 11.5 Å². The maximum atomic E-state index is 12.6. The number of aromatic amines is 2. The number of rotatable bonds is 7. The van der Waals surface area contributed by atoms with Crippen molar-refractivity contribution < 1.29 is 9.53 Å². The van der Waals surface area contributed by atoms with Crippen LogP contribution in [0.3, 0.4) is 0 Å². The first-order chi connectivity index (χ1) is 14.6. The Morgan fingerprint density at radius 3 is 2.83 bits per heavy atom. The number of nitrogens with zero attached hydrogens (tertiary/aromatic N) is 2. The van der Waals surface area contributed by atoms with Crippen LogP contribution in [0.4, 0.5) is 0 Å². The topological polar surface area (TPSA) is 113 Å². The Hall–Kier alpha value is -3.94. The number of ether oxygens (including phenoxy) is 1. The molecule has 1 amide bonds. The summed E-state index contributed by atoms with van der Waals surface area (Å²) in [7, 11) is 0. The molecule has 3 N–H and O–H groups in total. The highest BCUT2D eigenvalue weighted by Gasteiger charge is 2.20. The molecule has 0 saturated heterocycles. The van der Waals surface area contributed by atoms with E-state index in [2.05, 4.69) is 25.3 Å². The van der Waals surface area contributed by atoms with Crippen LogP contribution in [0.25, 0.3) is 10.9 Å². The summed E-state index contributed by atoms with van der Waals surface area (Å²) in [6.07, 6.45) is 3.97. The van der Waals surface area contributed by atoms with E-state index in [1.807, 2.05) is 30.5 Å². The average Bonchev–Trinajstić information content (AvgIpc) is 3.15. The Bertz CT molecular complexity index is 1220. The number of aryl methyl sites for hydroxylation is 1. The highest BCUT2D eigenvalue weighted by Crippen LogP contribution is 2.23. The van der Waals surface area contributed by atoms with Gasteiger partial charge < -0.3 is 20.0 Å². The molecule has 0 aliphatic rings. The van der Waals surface area contributed by atoms with E-state index in [1.54, 1.807) is 31.3 Å². The van der Waals surface area contributed by atoms with E-state index in [0.717, 1.165) is 16.5 Å². The van der Waals surface area contributed by atoms with Crippen molar-refractivity contribution in [1.29, 1.82) is 0 Å². The molecule has 152 valence electrons. The second-order valence-corrected chi connectivity index (χ2v) is 6.90. The smallest absolute Gasteiger partial charge is 0.258 e. The SMILES string of the molecule is Cc1nc(C(Cc2c[nH]c3ccccc23)NC(=O)COc2ccccn2)cc(=O)[nH]1. The third kappa shape index (κ3) is 4.54. The normalized spacial score (nSPS) is 11.9. The summed E-state index contributed by atoms with van der Waals surface area (Å²) in [5.41, 5.74) is 2.25. The minimum absolute atomic E-state index is 0.191. The molecule has 30 heavy (non-hydrogen) atoms. The molecular weight excluding hydrogens is 382 g/mol. The number of hydrogen-bond acceptors (Lipinski definition) is 5. The molecule has 1 atom stereocenters. The van der Waals surface area contributed by atoms with Gasteiger partial charge in [-0.05, 0) is 24.6 Å². The molecule has 1 aromatic carbocycles. The summed E-state index contributed by atoms with van der Waals surface area (Å²) < 4.78 is 5.44. The van der Waals surface area contributed by atoms with E-state index in [9.17, 15) is 9.59 Å². The molecule has 0 aliphatic heterocycles. The highest BCUT2D eigenvalue weighted by molar-refractivity contribution is 5.83. The van der Waals surface area contributed by atoms with Gasteiger partial charge in [0, 0.05) is 41.9 Å². The number of aromatic nitrogens is 4. The van der Waals surface area contributed by atoms with Gasteiger partial charge in [0.1, 0.15) is 5.82 Å². The summed E-state index contributed by atoms with van der Waals surface area (Å²) in [6, 6.07) is 14.1. The molecular formula is C22H21N5O3. The lowest BCUT2D eigenvalue weighted by Gasteiger charge is -2.18. The third-order valence-corrected chi connectivity index (χ3v) is 4.66. The van der Waals surface area contributed by atoms with Crippen molar-refractivity contribution in [2.75, 3.05) is 6.61 Å². The van der Waals surface area contributed by atoms with Gasteiger partial charge in [0.2, 0.25) is 5.88 Å². The fraction of sp³-hybridized carbons (Fsp3) is 0.182. The average molecular weight is 403 g/mol. The Balaban J connectivity index is 1.57. The number of H-pyrrole nitrogens is 2. The maximum absolute atomic E-state index is 12.6. The van der Waals surface area contributed by atoms with Gasteiger partial charge in [-0.25, -0.2) is 9.97 Å². The van der Waals surface area contributed by atoms with Crippen LogP contribution in [0.5, 0.6) is 5.88 Å². The number of carbonyl (C=O) groups is 1. The fourth-order valence-electron chi connectivity index (χ4n) is 3.34. The zero-order valence-corrected chi connectivity index (χ0v) is 16.4. The van der Waals surface area contributed by atoms with Crippen LogP contribution < -0.4 is 15.6 Å². The number of fused-ring (bicyclic) bond motifs is 1. The summed E-state index contributed by atoms with van der Waals surface area (Å²) in [4.78, 5) is 38.9. The van der Waals surface area contributed by atoms with E-state index >= 15 is 0 Å². The quantitative estimate of drug-likeness (QED) is 0.439. The number of benzene rings is 1. The van der Waals surface area contributed by atoms with Crippen molar-refractivity contribution >= 4 is 16.8 Å². The van der Waals surface area contributed by atoms with Gasteiger partial charge >= 0.3 is 0 Å². The Labute approximate surface area is 172 Å². The van der Waals surface area contributed by atoms with Crippen LogP contribution >= 0.6 is 0 Å². The number of para-hydroxylation sites is 1. The van der Waals surface area contributed by atoms with E-state index in [-0.39, 0.29) is 18.1 Å². The number of amides is 1. The fourth-order valence-corrected chi connectivity index (χ4v) is 3.34. The van der Waals surface area contributed by atoms with Gasteiger partial charge in [0.15, 0.2) is 6.61 Å². The van der Waals surface area contributed by atoms with Crippen molar-refractivity contribution in [3.63, 3.8) is 0 Å². The minimum Gasteiger partial charge on any atom is -0.468 e. The molecule has 4 aromatic rings. The molecule has 4 rings (SSSR count). The standard InChI is InChI=1S/C22H21N5O3/c1-14-25-19(11-20(28)26-14)18(10-15-12-24-17-7-3-2-6-16(15)17)27-21(29)13-30-22-8-4-5-9-23-22/h2-9,11-12,18,24H,10,13H2,1H3,(H,27,29)(H,25,26,28). The van der Waals surface area contributed by atoms with Gasteiger partial charge in [-0.1, -0.05) is 24.3 Å². The molecule has 8 heteroatoms. The first-order valence-electron chi connectivity index (χ1n) is 9.54. The number of carbonyl (C=O) groups excluding carboxylic acids is 1. The van der Waals surface area contributed by atoms with Crippen molar-refractivity contribution in [2.45, 2.75) is 19.4 Å². The Kier molecular flexibility index (Phi) is 5.56. The predicted octanol–water partition coefficient (Wildman–Crippen LogP) is 2.43. The van der Waals surface area contributed by atoms with Crippen LogP contribution in [-0.2, 0) is 11.2 Å². The van der Waals surface area contributed by atoms with E-state index in [1.165, 1.54) is 6.07 Å². The molecule has 3 heterocycles. The van der Waals surface area contributed by atoms with Gasteiger partial charge in [-0.3, -0.25) is 9.59 Å². The third-order valence-electron chi connectivity index (χ3n) is 4.66.